The molecule has 1 aliphatic rings. The Hall–Kier alpha value is -1.03. The van der Waals surface area contributed by atoms with Gasteiger partial charge in [0.25, 0.3) is 0 Å². The lowest BCUT2D eigenvalue weighted by Crippen LogP contribution is -2.38. The number of hydrogen-bond donors (Lipinski definition) is 0. The summed E-state index contributed by atoms with van der Waals surface area (Å²) in [5, 5.41) is 0. The number of nitrogens with zero attached hydrogens (tertiary/aromatic N) is 1. The van der Waals surface area contributed by atoms with Gasteiger partial charge in [-0.25, -0.2) is 0 Å². The predicted molar refractivity (Wildman–Crippen MR) is 67.4 cm³/mol. The van der Waals surface area contributed by atoms with E-state index in [0.717, 1.165) is 18.5 Å². The van der Waals surface area contributed by atoms with Gasteiger partial charge in [0.2, 0.25) is 5.91 Å². The van der Waals surface area contributed by atoms with Crippen molar-refractivity contribution in [2.75, 3.05) is 6.54 Å². The number of amides is 1. The molecule has 0 spiro atoms. The topological polar surface area (TPSA) is 20.3 Å². The fourth-order valence-electron chi connectivity index (χ4n) is 2.13. The summed E-state index contributed by atoms with van der Waals surface area (Å²) in [6.07, 6.45) is 0.822. The van der Waals surface area contributed by atoms with E-state index in [-0.39, 0.29) is 24.0 Å². The number of carbonyl (C=O) groups is 1. The van der Waals surface area contributed by atoms with E-state index in [1.807, 2.05) is 30.9 Å². The number of carbonyl (C=O) groups excluding carboxylic acids is 1. The molecule has 2 nitrogen and oxygen atoms in total. The molecule has 0 saturated carbocycles. The zero-order valence-corrected chi connectivity index (χ0v) is 10.9. The van der Waals surface area contributed by atoms with Crippen LogP contribution in [0.1, 0.15) is 25.0 Å². The highest BCUT2D eigenvalue weighted by atomic mass is 32.2. The summed E-state index contributed by atoms with van der Waals surface area (Å²) in [6.45, 7) is 5.23. The summed E-state index contributed by atoms with van der Waals surface area (Å²) >= 11 is 0.273. The molecule has 0 N–H and O–H groups in total. The quantitative estimate of drug-likeness (QED) is 0.806. The van der Waals surface area contributed by atoms with Gasteiger partial charge >= 0.3 is 0 Å². The Labute approximate surface area is 105 Å². The number of benzene rings is 1. The molecular weight excluding hydrogens is 237 g/mol. The van der Waals surface area contributed by atoms with Gasteiger partial charge in [0, 0.05) is 23.9 Å². The second-order valence-corrected chi connectivity index (χ2v) is 5.30. The first-order valence-corrected chi connectivity index (χ1v) is 6.52. The van der Waals surface area contributed by atoms with Crippen LogP contribution in [0.3, 0.4) is 0 Å². The van der Waals surface area contributed by atoms with E-state index in [4.69, 9.17) is 0 Å². The lowest BCUT2D eigenvalue weighted by atomic mass is 9.99. The summed E-state index contributed by atoms with van der Waals surface area (Å²) in [4.78, 5) is 14.4. The fraction of sp³-hybridized carbons (Fsp3) is 0.462. The average molecular weight is 253 g/mol. The smallest absolute Gasteiger partial charge is 0.225 e. The van der Waals surface area contributed by atoms with Gasteiger partial charge in [-0.3, -0.25) is 4.79 Å². The van der Waals surface area contributed by atoms with Crippen molar-refractivity contribution < 1.29 is 8.68 Å². The molecule has 0 bridgehead atoms. The largest absolute Gasteiger partial charge is 0.338 e. The Bertz CT molecular complexity index is 433. The summed E-state index contributed by atoms with van der Waals surface area (Å²) in [5.41, 5.74) is 2.31. The number of fused-ring (bicyclic) bond motifs is 1. The Morgan fingerprint density at radius 2 is 2.18 bits per heavy atom. The average Bonchev–Trinajstić information content (AvgIpc) is 2.36. The first kappa shape index (κ1) is 12.4. The molecule has 1 heterocycles. The first-order chi connectivity index (χ1) is 8.11. The van der Waals surface area contributed by atoms with Crippen LogP contribution in [0.2, 0.25) is 0 Å². The molecule has 1 aromatic rings. The fourth-order valence-corrected chi connectivity index (χ4v) is 2.44. The van der Waals surface area contributed by atoms with Crippen molar-refractivity contribution in [2.24, 2.45) is 5.92 Å². The van der Waals surface area contributed by atoms with E-state index < -0.39 is 0 Å². The van der Waals surface area contributed by atoms with E-state index in [0.29, 0.717) is 11.4 Å². The van der Waals surface area contributed by atoms with Crippen LogP contribution in [-0.4, -0.2) is 17.4 Å². The molecule has 0 aromatic heterocycles. The van der Waals surface area contributed by atoms with Gasteiger partial charge < -0.3 is 4.90 Å². The summed E-state index contributed by atoms with van der Waals surface area (Å²) in [5.74, 6) is 0.233. The number of rotatable bonds is 2. The van der Waals surface area contributed by atoms with Crippen LogP contribution in [-0.2, 0) is 17.8 Å². The third-order valence-electron chi connectivity index (χ3n) is 3.08. The van der Waals surface area contributed by atoms with Crippen LogP contribution in [0, 0.1) is 5.92 Å². The standard InChI is InChI=1S/C13H16FNOS/c1-9(2)13(16)15-6-5-10-7-12(17-14)4-3-11(10)8-15/h3-4,7,9H,5-6,8H2,1-2H3. The summed E-state index contributed by atoms with van der Waals surface area (Å²) < 4.78 is 12.5. The van der Waals surface area contributed by atoms with E-state index >= 15 is 0 Å². The van der Waals surface area contributed by atoms with Gasteiger partial charge in [-0.2, -0.15) is 3.89 Å². The highest BCUT2D eigenvalue weighted by Crippen LogP contribution is 2.26. The molecule has 17 heavy (non-hydrogen) atoms. The molecule has 0 saturated heterocycles. The molecule has 2 rings (SSSR count). The lowest BCUT2D eigenvalue weighted by Gasteiger charge is -2.30. The van der Waals surface area contributed by atoms with Gasteiger partial charge in [-0.1, -0.05) is 19.9 Å². The summed E-state index contributed by atoms with van der Waals surface area (Å²) in [6, 6.07) is 5.58. The van der Waals surface area contributed by atoms with Gasteiger partial charge in [0.05, 0.1) is 12.1 Å². The van der Waals surface area contributed by atoms with Crippen molar-refractivity contribution in [3.05, 3.63) is 29.3 Å². The molecule has 0 aliphatic carbocycles. The van der Waals surface area contributed by atoms with Crippen LogP contribution >= 0.6 is 12.1 Å². The maximum Gasteiger partial charge on any atom is 0.225 e. The minimum absolute atomic E-state index is 0.0391. The van der Waals surface area contributed by atoms with Crippen LogP contribution in [0.15, 0.2) is 23.1 Å². The molecule has 0 radical (unpaired) electrons. The van der Waals surface area contributed by atoms with Crippen molar-refractivity contribution in [1.82, 2.24) is 4.90 Å². The molecule has 0 atom stereocenters. The second-order valence-electron chi connectivity index (χ2n) is 4.67. The highest BCUT2D eigenvalue weighted by molar-refractivity contribution is 7.94. The Kier molecular flexibility index (Phi) is 3.72. The van der Waals surface area contributed by atoms with Gasteiger partial charge in [-0.15, -0.1) is 0 Å². The molecular formula is C13H16FNOS. The summed E-state index contributed by atoms with van der Waals surface area (Å²) in [7, 11) is 0. The molecule has 1 amide bonds. The van der Waals surface area contributed by atoms with Gasteiger partial charge in [0.1, 0.15) is 0 Å². The highest BCUT2D eigenvalue weighted by Gasteiger charge is 2.22. The SMILES string of the molecule is CC(C)C(=O)N1CCc2cc(SF)ccc2C1. The van der Waals surface area contributed by atoms with Gasteiger partial charge in [-0.05, 0) is 29.7 Å². The van der Waals surface area contributed by atoms with Crippen molar-refractivity contribution in [1.29, 1.82) is 0 Å². The Morgan fingerprint density at radius 3 is 2.82 bits per heavy atom. The molecule has 92 valence electrons. The van der Waals surface area contributed by atoms with E-state index in [1.165, 1.54) is 5.56 Å². The van der Waals surface area contributed by atoms with Crippen LogP contribution in [0.25, 0.3) is 0 Å². The maximum absolute atomic E-state index is 12.5. The predicted octanol–water partition coefficient (Wildman–Crippen LogP) is 3.20. The van der Waals surface area contributed by atoms with Crippen molar-refractivity contribution in [2.45, 2.75) is 31.7 Å². The number of halogens is 1. The van der Waals surface area contributed by atoms with Crippen LogP contribution < -0.4 is 0 Å². The second kappa shape index (κ2) is 5.08. The molecule has 4 heteroatoms. The zero-order valence-electron chi connectivity index (χ0n) is 10.1. The van der Waals surface area contributed by atoms with Crippen LogP contribution in [0.4, 0.5) is 3.89 Å². The molecule has 0 unspecified atom stereocenters. The van der Waals surface area contributed by atoms with Gasteiger partial charge in [0.15, 0.2) is 0 Å². The maximum atomic E-state index is 12.5. The van der Waals surface area contributed by atoms with E-state index in [9.17, 15) is 8.68 Å². The normalized spacial score (nSPS) is 14.9. The Balaban J connectivity index is 2.17. The lowest BCUT2D eigenvalue weighted by molar-refractivity contribution is -0.135. The van der Waals surface area contributed by atoms with E-state index in [2.05, 4.69) is 0 Å². The monoisotopic (exact) mass is 253 g/mol. The third-order valence-corrected chi connectivity index (χ3v) is 3.52. The van der Waals surface area contributed by atoms with Crippen molar-refractivity contribution in [3.8, 4) is 0 Å². The molecule has 1 aromatic carbocycles. The third kappa shape index (κ3) is 2.63. The van der Waals surface area contributed by atoms with E-state index in [1.54, 1.807) is 6.07 Å². The minimum atomic E-state index is 0.0391. The van der Waals surface area contributed by atoms with Crippen molar-refractivity contribution in [3.63, 3.8) is 0 Å². The Morgan fingerprint density at radius 1 is 1.41 bits per heavy atom. The zero-order chi connectivity index (χ0) is 12.4. The first-order valence-electron chi connectivity index (χ1n) is 5.81. The molecule has 1 aliphatic heterocycles. The minimum Gasteiger partial charge on any atom is -0.338 e. The molecule has 0 fully saturated rings. The number of hydrogen-bond acceptors (Lipinski definition) is 2. The van der Waals surface area contributed by atoms with Crippen LogP contribution in [0.5, 0.6) is 0 Å². The van der Waals surface area contributed by atoms with Crippen molar-refractivity contribution >= 4 is 18.1 Å².